The van der Waals surface area contributed by atoms with Gasteiger partial charge in [0.15, 0.2) is 0 Å². The van der Waals surface area contributed by atoms with Crippen LogP contribution in [-0.2, 0) is 0 Å². The van der Waals surface area contributed by atoms with Gasteiger partial charge in [-0.3, -0.25) is 0 Å². The fraction of sp³-hybridized carbons (Fsp3) is 0.333. The molecular weight excluding hydrogens is 351 g/mol. The normalized spacial score (nSPS) is 11.3. The molecule has 0 saturated carbocycles. The molecule has 0 aromatic heterocycles. The fourth-order valence-corrected chi connectivity index (χ4v) is 5.61. The van der Waals surface area contributed by atoms with Gasteiger partial charge in [-0.25, -0.2) is 0 Å². The van der Waals surface area contributed by atoms with Crippen molar-refractivity contribution in [2.75, 3.05) is 6.61 Å². The van der Waals surface area contributed by atoms with Crippen LogP contribution in [0.4, 0.5) is 0 Å². The third kappa shape index (κ3) is 5.20. The Morgan fingerprint density at radius 1 is 0.800 bits per heavy atom. The van der Waals surface area contributed by atoms with Crippen LogP contribution in [0.3, 0.4) is 0 Å². The van der Waals surface area contributed by atoms with E-state index in [1.807, 2.05) is 6.07 Å². The fourth-order valence-electron chi connectivity index (χ4n) is 2.17. The number of ether oxygens (including phenoxy) is 1. The van der Waals surface area contributed by atoms with Crippen LogP contribution in [-0.4, -0.2) is 25.0 Å². The minimum absolute atomic E-state index is 0.846. The second kappa shape index (κ2) is 7.16. The second-order valence-electron chi connectivity index (χ2n) is 6.40. The van der Waals surface area contributed by atoms with Gasteiger partial charge in [0.2, 0.25) is 0 Å². The summed E-state index contributed by atoms with van der Waals surface area (Å²) < 4.78 is 7.23. The Morgan fingerprint density at radius 2 is 1.40 bits per heavy atom. The summed E-state index contributed by atoms with van der Waals surface area (Å²) in [5, 5.41) is 0. The van der Waals surface area contributed by atoms with Crippen LogP contribution in [0, 0.1) is 0 Å². The van der Waals surface area contributed by atoms with E-state index in [2.05, 4.69) is 63.3 Å². The molecule has 2 aromatic rings. The Bertz CT molecular complexity index is 511. The average Bonchev–Trinajstić information content (AvgIpc) is 2.44. The van der Waals surface area contributed by atoms with Crippen molar-refractivity contribution in [2.45, 2.75) is 25.7 Å². The minimum atomic E-state index is -1.60. The van der Waals surface area contributed by atoms with Crippen molar-refractivity contribution in [2.24, 2.45) is 0 Å². The van der Waals surface area contributed by atoms with Gasteiger partial charge in [0.1, 0.15) is 0 Å². The Kier molecular flexibility index (Phi) is 5.53. The molecule has 0 heterocycles. The Morgan fingerprint density at radius 3 is 2.00 bits per heavy atom. The molecule has 0 aliphatic carbocycles. The van der Waals surface area contributed by atoms with Crippen molar-refractivity contribution in [3.63, 3.8) is 0 Å². The molecule has 0 bridgehead atoms. The predicted octanol–water partition coefficient (Wildman–Crippen LogP) is 5.46. The zero-order chi connectivity index (χ0) is 14.4. The van der Waals surface area contributed by atoms with Crippen molar-refractivity contribution in [1.29, 1.82) is 0 Å². The molecule has 0 aliphatic heterocycles. The van der Waals surface area contributed by atoms with Gasteiger partial charge in [0, 0.05) is 0 Å². The molecule has 1 nitrogen and oxygen atoms in total. The van der Waals surface area contributed by atoms with Crippen molar-refractivity contribution in [3.8, 4) is 16.9 Å². The third-order valence-electron chi connectivity index (χ3n) is 3.30. The Hall–Kier alpha value is -0.961. The van der Waals surface area contributed by atoms with Crippen molar-refractivity contribution < 1.29 is 4.74 Å². The zero-order valence-electron chi connectivity index (χ0n) is 12.7. The van der Waals surface area contributed by atoms with E-state index < -0.39 is 18.4 Å². The first-order valence-electron chi connectivity index (χ1n) is 7.33. The first kappa shape index (κ1) is 15.4. The number of rotatable bonds is 6. The number of hydrogen-bond donors (Lipinski definition) is 0. The second-order valence-corrected chi connectivity index (χ2v) is 22.4. The van der Waals surface area contributed by atoms with Gasteiger partial charge in [0.05, 0.1) is 0 Å². The SMILES string of the molecule is [CH3][Sn]([CH3])([CH3])[CH2]CCOc1ccc(-c2ccccc2)cc1. The molecule has 0 amide bonds. The molecule has 106 valence electrons. The van der Waals surface area contributed by atoms with E-state index in [1.165, 1.54) is 22.0 Å². The summed E-state index contributed by atoms with van der Waals surface area (Å²) in [6.45, 7) is 0.846. The van der Waals surface area contributed by atoms with Crippen LogP contribution in [0.1, 0.15) is 6.42 Å². The van der Waals surface area contributed by atoms with Gasteiger partial charge in [-0.1, -0.05) is 0 Å². The quantitative estimate of drug-likeness (QED) is 0.481. The third-order valence-corrected chi connectivity index (χ3v) is 8.59. The first-order valence-corrected chi connectivity index (χ1v) is 17.9. The van der Waals surface area contributed by atoms with E-state index in [1.54, 1.807) is 0 Å². The van der Waals surface area contributed by atoms with Crippen molar-refractivity contribution in [3.05, 3.63) is 54.6 Å². The van der Waals surface area contributed by atoms with Gasteiger partial charge in [0.25, 0.3) is 0 Å². The molecule has 0 spiro atoms. The molecule has 20 heavy (non-hydrogen) atoms. The van der Waals surface area contributed by atoms with Crippen molar-refractivity contribution >= 4 is 18.4 Å². The molecule has 0 atom stereocenters. The van der Waals surface area contributed by atoms with Crippen LogP contribution in [0.2, 0.25) is 19.3 Å². The maximum absolute atomic E-state index is 5.83. The van der Waals surface area contributed by atoms with E-state index in [4.69, 9.17) is 4.74 Å². The number of benzene rings is 2. The molecule has 2 rings (SSSR count). The van der Waals surface area contributed by atoms with Crippen LogP contribution in [0.25, 0.3) is 11.1 Å². The van der Waals surface area contributed by atoms with Gasteiger partial charge < -0.3 is 0 Å². The van der Waals surface area contributed by atoms with Gasteiger partial charge >= 0.3 is 127 Å². The predicted molar refractivity (Wildman–Crippen MR) is 90.1 cm³/mol. The summed E-state index contributed by atoms with van der Waals surface area (Å²) in [5.41, 5.74) is 2.49. The van der Waals surface area contributed by atoms with Gasteiger partial charge in [-0.05, 0) is 0 Å². The molecular formula is C18H24OSn. The van der Waals surface area contributed by atoms with Crippen molar-refractivity contribution in [1.82, 2.24) is 0 Å². The Labute approximate surface area is 126 Å². The van der Waals surface area contributed by atoms with Crippen LogP contribution < -0.4 is 4.74 Å². The molecule has 0 radical (unpaired) electrons. The number of hydrogen-bond acceptors (Lipinski definition) is 1. The van der Waals surface area contributed by atoms with E-state index in [0.29, 0.717) is 0 Å². The summed E-state index contributed by atoms with van der Waals surface area (Å²) in [7, 11) is 0. The van der Waals surface area contributed by atoms with Crippen LogP contribution >= 0.6 is 0 Å². The summed E-state index contributed by atoms with van der Waals surface area (Å²) in [5.74, 6) is 0.980. The monoisotopic (exact) mass is 376 g/mol. The summed E-state index contributed by atoms with van der Waals surface area (Å²) >= 11 is -1.60. The topological polar surface area (TPSA) is 9.23 Å². The van der Waals surface area contributed by atoms with E-state index >= 15 is 0 Å². The van der Waals surface area contributed by atoms with Crippen LogP contribution in [0.5, 0.6) is 5.75 Å². The summed E-state index contributed by atoms with van der Waals surface area (Å²) in [4.78, 5) is 7.43. The Balaban J connectivity index is 1.86. The van der Waals surface area contributed by atoms with Crippen LogP contribution in [0.15, 0.2) is 54.6 Å². The molecule has 0 saturated heterocycles. The van der Waals surface area contributed by atoms with E-state index in [9.17, 15) is 0 Å². The molecule has 2 heteroatoms. The van der Waals surface area contributed by atoms with Gasteiger partial charge in [-0.15, -0.1) is 0 Å². The van der Waals surface area contributed by atoms with Gasteiger partial charge in [-0.2, -0.15) is 0 Å². The van der Waals surface area contributed by atoms with E-state index in [0.717, 1.165) is 12.4 Å². The van der Waals surface area contributed by atoms with E-state index in [-0.39, 0.29) is 0 Å². The zero-order valence-corrected chi connectivity index (χ0v) is 15.6. The summed E-state index contributed by atoms with van der Waals surface area (Å²) in [6.07, 6.45) is 1.19. The summed E-state index contributed by atoms with van der Waals surface area (Å²) in [6, 6.07) is 18.8. The molecule has 0 N–H and O–H groups in total. The molecule has 0 aliphatic rings. The standard InChI is InChI=1S/C15H15O.3CH3.Sn/c1-2-12-16-15-10-8-14(9-11-15)13-6-4-3-5-7-13;;;;/h3-11H,1-2,12H2;3*1H3;. The molecule has 0 fully saturated rings. The molecule has 0 unspecified atom stereocenters. The first-order chi connectivity index (χ1) is 9.54. The molecule has 2 aromatic carbocycles. The maximum atomic E-state index is 5.83. The average molecular weight is 375 g/mol.